The van der Waals surface area contributed by atoms with Crippen molar-refractivity contribution in [2.24, 2.45) is 4.99 Å². The number of nitrogens with one attached hydrogen (secondary N) is 1. The third kappa shape index (κ3) is 7.80. The summed E-state index contributed by atoms with van der Waals surface area (Å²) < 4.78 is 12.4. The van der Waals surface area contributed by atoms with Gasteiger partial charge in [-0.1, -0.05) is 60.7 Å². The van der Waals surface area contributed by atoms with Gasteiger partial charge in [0.1, 0.15) is 24.7 Å². The predicted molar refractivity (Wildman–Crippen MR) is 154 cm³/mol. The molecule has 0 spiro atoms. The van der Waals surface area contributed by atoms with Gasteiger partial charge in [-0.25, -0.2) is 0 Å². The maximum Gasteiger partial charge on any atom is 0.216 e. The number of amides is 1. The van der Waals surface area contributed by atoms with Gasteiger partial charge in [0.15, 0.2) is 0 Å². The van der Waals surface area contributed by atoms with Crippen LogP contribution in [0.2, 0.25) is 0 Å². The van der Waals surface area contributed by atoms with E-state index in [0.717, 1.165) is 16.7 Å². The van der Waals surface area contributed by atoms with Crippen molar-refractivity contribution in [1.82, 2.24) is 5.32 Å². The summed E-state index contributed by atoms with van der Waals surface area (Å²) in [5.74, 6) is 1.21. The Morgan fingerprint density at radius 2 is 1.77 bits per heavy atom. The second-order valence-corrected chi connectivity index (χ2v) is 9.06. The minimum atomic E-state index is -0.0835. The van der Waals surface area contributed by atoms with Crippen LogP contribution in [0.1, 0.15) is 34.7 Å². The van der Waals surface area contributed by atoms with Gasteiger partial charge in [-0.2, -0.15) is 5.26 Å². The normalized spacial score (nSPS) is 10.7. The van der Waals surface area contributed by atoms with E-state index in [4.69, 9.17) is 9.47 Å². The summed E-state index contributed by atoms with van der Waals surface area (Å²) in [7, 11) is 0. The predicted octanol–water partition coefficient (Wildman–Crippen LogP) is 6.25. The summed E-state index contributed by atoms with van der Waals surface area (Å²) >= 11 is 0. The molecule has 196 valence electrons. The zero-order valence-corrected chi connectivity index (χ0v) is 22.2. The molecule has 0 atom stereocenters. The minimum absolute atomic E-state index is 0.0835. The second kappa shape index (κ2) is 13.6. The fourth-order valence-electron chi connectivity index (χ4n) is 4.12. The highest BCUT2D eigenvalue weighted by molar-refractivity contribution is 5.84. The lowest BCUT2D eigenvalue weighted by atomic mass is 9.97. The molecule has 0 fully saturated rings. The minimum Gasteiger partial charge on any atom is -0.489 e. The van der Waals surface area contributed by atoms with E-state index < -0.39 is 0 Å². The number of carbonyl (C=O) groups excluding carboxylic acids is 1. The van der Waals surface area contributed by atoms with E-state index in [9.17, 15) is 10.1 Å². The maximum absolute atomic E-state index is 11.1. The standard InChI is InChI=1S/C33H31N3O3/c1-24-30(12-7-13-32(24)28-10-4-3-5-11-28)23-38-31-15-14-29(21-35-16-17-36-25(2)37)33(19-31)39-22-27-9-6-8-26(18-27)20-34/h3-15,18-19,21H,16-17,22-23H2,1-2H3,(H,36,37). The summed E-state index contributed by atoms with van der Waals surface area (Å²) in [6, 6.07) is 31.7. The van der Waals surface area contributed by atoms with E-state index in [1.807, 2.05) is 54.6 Å². The number of ether oxygens (including phenoxy) is 2. The van der Waals surface area contributed by atoms with Crippen molar-refractivity contribution >= 4 is 12.1 Å². The first-order valence-corrected chi connectivity index (χ1v) is 12.8. The monoisotopic (exact) mass is 517 g/mol. The van der Waals surface area contributed by atoms with Crippen molar-refractivity contribution in [3.05, 3.63) is 119 Å². The van der Waals surface area contributed by atoms with Crippen LogP contribution in [0.4, 0.5) is 0 Å². The van der Waals surface area contributed by atoms with Crippen molar-refractivity contribution in [3.8, 4) is 28.7 Å². The van der Waals surface area contributed by atoms with E-state index in [-0.39, 0.29) is 5.91 Å². The van der Waals surface area contributed by atoms with Crippen LogP contribution in [-0.2, 0) is 18.0 Å². The number of rotatable bonds is 11. The van der Waals surface area contributed by atoms with E-state index >= 15 is 0 Å². The molecule has 39 heavy (non-hydrogen) atoms. The topological polar surface area (TPSA) is 83.7 Å². The number of hydrogen-bond acceptors (Lipinski definition) is 5. The Labute approximate surface area is 229 Å². The number of carbonyl (C=O) groups is 1. The highest BCUT2D eigenvalue weighted by atomic mass is 16.5. The Balaban J connectivity index is 1.51. The number of nitrogens with zero attached hydrogens (tertiary/aromatic N) is 2. The number of benzene rings is 4. The lowest BCUT2D eigenvalue weighted by Crippen LogP contribution is -2.22. The van der Waals surface area contributed by atoms with Crippen molar-refractivity contribution in [3.63, 3.8) is 0 Å². The molecule has 1 N–H and O–H groups in total. The van der Waals surface area contributed by atoms with Crippen molar-refractivity contribution in [1.29, 1.82) is 5.26 Å². The van der Waals surface area contributed by atoms with Gasteiger partial charge in [0.05, 0.1) is 18.2 Å². The highest BCUT2D eigenvalue weighted by Crippen LogP contribution is 2.28. The van der Waals surface area contributed by atoms with Crippen LogP contribution in [0.25, 0.3) is 11.1 Å². The molecule has 0 radical (unpaired) electrons. The van der Waals surface area contributed by atoms with Crippen LogP contribution >= 0.6 is 0 Å². The van der Waals surface area contributed by atoms with Gasteiger partial charge in [0.2, 0.25) is 5.91 Å². The molecule has 4 aromatic carbocycles. The maximum atomic E-state index is 11.1. The van der Waals surface area contributed by atoms with Gasteiger partial charge < -0.3 is 14.8 Å². The van der Waals surface area contributed by atoms with Gasteiger partial charge in [0.25, 0.3) is 0 Å². The smallest absolute Gasteiger partial charge is 0.216 e. The first kappa shape index (κ1) is 27.2. The summed E-state index contributed by atoms with van der Waals surface area (Å²) in [5.41, 5.74) is 6.92. The molecule has 0 unspecified atom stereocenters. The summed E-state index contributed by atoms with van der Waals surface area (Å²) in [4.78, 5) is 15.5. The Kier molecular flexibility index (Phi) is 9.47. The Bertz CT molecular complexity index is 1490. The summed E-state index contributed by atoms with van der Waals surface area (Å²) in [6.07, 6.45) is 1.74. The largest absolute Gasteiger partial charge is 0.489 e. The molecule has 6 heteroatoms. The van der Waals surface area contributed by atoms with Crippen LogP contribution in [0.15, 0.2) is 96.0 Å². The molecule has 0 aliphatic rings. The molecule has 4 aromatic rings. The highest BCUT2D eigenvalue weighted by Gasteiger charge is 2.09. The van der Waals surface area contributed by atoms with Crippen molar-refractivity contribution in [2.45, 2.75) is 27.1 Å². The number of hydrogen-bond donors (Lipinski definition) is 1. The molecule has 0 aromatic heterocycles. The molecule has 0 saturated carbocycles. The SMILES string of the molecule is CC(=O)NCCN=Cc1ccc(OCc2cccc(-c3ccccc3)c2C)cc1OCc1cccc(C#N)c1. The van der Waals surface area contributed by atoms with E-state index in [2.05, 4.69) is 53.6 Å². The van der Waals surface area contributed by atoms with Gasteiger partial charge in [-0.05, 0) is 59.0 Å². The molecule has 0 aliphatic carbocycles. The molecular formula is C33H31N3O3. The third-order valence-corrected chi connectivity index (χ3v) is 6.21. The number of aliphatic imine (C=N–C) groups is 1. The van der Waals surface area contributed by atoms with Crippen LogP contribution in [0.3, 0.4) is 0 Å². The number of nitriles is 1. The van der Waals surface area contributed by atoms with Crippen LogP contribution in [0.5, 0.6) is 11.5 Å². The van der Waals surface area contributed by atoms with Crippen molar-refractivity contribution < 1.29 is 14.3 Å². The zero-order chi connectivity index (χ0) is 27.5. The third-order valence-electron chi connectivity index (χ3n) is 6.21. The van der Waals surface area contributed by atoms with Gasteiger partial charge in [-0.3, -0.25) is 9.79 Å². The second-order valence-electron chi connectivity index (χ2n) is 9.06. The van der Waals surface area contributed by atoms with Gasteiger partial charge in [0, 0.05) is 31.3 Å². The summed E-state index contributed by atoms with van der Waals surface area (Å²) in [5, 5.41) is 11.9. The first-order valence-electron chi connectivity index (χ1n) is 12.8. The molecule has 0 bridgehead atoms. The lowest BCUT2D eigenvalue weighted by molar-refractivity contribution is -0.118. The molecule has 1 amide bonds. The van der Waals surface area contributed by atoms with E-state index in [1.165, 1.54) is 23.6 Å². The summed E-state index contributed by atoms with van der Waals surface area (Å²) in [6.45, 7) is 5.23. The fraction of sp³-hybridized carbons (Fsp3) is 0.182. The average molecular weight is 518 g/mol. The van der Waals surface area contributed by atoms with Crippen LogP contribution in [0, 0.1) is 18.3 Å². The molecule has 4 rings (SSSR count). The Morgan fingerprint density at radius 3 is 2.56 bits per heavy atom. The molecular weight excluding hydrogens is 486 g/mol. The first-order chi connectivity index (χ1) is 19.0. The molecule has 0 heterocycles. The quantitative estimate of drug-likeness (QED) is 0.188. The Morgan fingerprint density at radius 1 is 0.949 bits per heavy atom. The van der Waals surface area contributed by atoms with Crippen LogP contribution in [-0.4, -0.2) is 25.2 Å². The van der Waals surface area contributed by atoms with E-state index in [1.54, 1.807) is 12.3 Å². The molecule has 0 saturated heterocycles. The molecule has 6 nitrogen and oxygen atoms in total. The average Bonchev–Trinajstić information content (AvgIpc) is 2.96. The van der Waals surface area contributed by atoms with Crippen LogP contribution < -0.4 is 14.8 Å². The van der Waals surface area contributed by atoms with Gasteiger partial charge in [-0.15, -0.1) is 0 Å². The van der Waals surface area contributed by atoms with E-state index in [0.29, 0.717) is 43.4 Å². The van der Waals surface area contributed by atoms with Crippen molar-refractivity contribution in [2.75, 3.05) is 13.1 Å². The zero-order valence-electron chi connectivity index (χ0n) is 22.2. The lowest BCUT2D eigenvalue weighted by Gasteiger charge is -2.15. The van der Waals surface area contributed by atoms with Gasteiger partial charge >= 0.3 is 0 Å². The molecule has 0 aliphatic heterocycles. The Hall–Kier alpha value is -4.89. The fourth-order valence-corrected chi connectivity index (χ4v) is 4.12.